The van der Waals surface area contributed by atoms with Gasteiger partial charge >= 0.3 is 12.2 Å². The normalized spacial score (nSPS) is 17.7. The molecule has 0 unspecified atom stereocenters. The standard InChI is InChI=1S/C22H28N2O8S3/c1-21(2,3)31-19(25)23-13-15-10-11-16(33-15)14-24(20(26)32-22(4,5)6)35(29,30)18-9-7-8-17(12-18)34(23,27)28/h7-12H,13-14H2,1-6H3. The maximum atomic E-state index is 13.5. The van der Waals surface area contributed by atoms with Gasteiger partial charge in [0, 0.05) is 9.75 Å². The van der Waals surface area contributed by atoms with Crippen LogP contribution in [0.3, 0.4) is 0 Å². The Kier molecular flexibility index (Phi) is 7.01. The highest BCUT2D eigenvalue weighted by atomic mass is 32.2. The maximum Gasteiger partial charge on any atom is 0.424 e. The molecule has 1 aromatic heterocycles. The van der Waals surface area contributed by atoms with Crippen molar-refractivity contribution in [3.63, 3.8) is 0 Å². The average molecular weight is 545 g/mol. The highest BCUT2D eigenvalue weighted by Gasteiger charge is 2.38. The summed E-state index contributed by atoms with van der Waals surface area (Å²) in [7, 11) is -9.04. The van der Waals surface area contributed by atoms with Gasteiger partial charge in [0.05, 0.1) is 22.9 Å². The summed E-state index contributed by atoms with van der Waals surface area (Å²) in [6.45, 7) is 8.99. The number of amides is 2. The van der Waals surface area contributed by atoms with E-state index in [1.807, 2.05) is 0 Å². The van der Waals surface area contributed by atoms with Gasteiger partial charge in [-0.15, -0.1) is 11.3 Å². The smallest absolute Gasteiger partial charge is 0.424 e. The zero-order valence-corrected chi connectivity index (χ0v) is 22.7. The number of carbonyl (C=O) groups excluding carboxylic acids is 2. The molecule has 1 aromatic carbocycles. The fourth-order valence-corrected chi connectivity index (χ4v) is 6.93. The van der Waals surface area contributed by atoms with Gasteiger partial charge in [-0.05, 0) is 71.9 Å². The van der Waals surface area contributed by atoms with E-state index in [4.69, 9.17) is 9.47 Å². The number of hydrogen-bond acceptors (Lipinski definition) is 9. The van der Waals surface area contributed by atoms with E-state index in [0.29, 0.717) is 18.4 Å². The second kappa shape index (κ2) is 9.10. The molecule has 4 bridgehead atoms. The molecule has 2 amide bonds. The Labute approximate surface area is 209 Å². The number of fused-ring (bicyclic) bond motifs is 4. The lowest BCUT2D eigenvalue weighted by Crippen LogP contribution is -2.41. The van der Waals surface area contributed by atoms with Crippen LogP contribution < -0.4 is 0 Å². The number of sulfonamides is 2. The quantitative estimate of drug-likeness (QED) is 0.480. The minimum atomic E-state index is -4.52. The molecule has 0 spiro atoms. The Balaban J connectivity index is 2.20. The molecule has 2 aromatic rings. The molecule has 0 fully saturated rings. The van der Waals surface area contributed by atoms with Gasteiger partial charge in [-0.1, -0.05) is 6.07 Å². The van der Waals surface area contributed by atoms with Crippen LogP contribution in [-0.4, -0.2) is 48.8 Å². The van der Waals surface area contributed by atoms with Gasteiger partial charge in [0.15, 0.2) is 0 Å². The van der Waals surface area contributed by atoms with Crippen LogP contribution >= 0.6 is 11.3 Å². The first kappa shape index (κ1) is 27.0. The van der Waals surface area contributed by atoms with E-state index in [-0.39, 0.29) is 13.1 Å². The van der Waals surface area contributed by atoms with E-state index >= 15 is 0 Å². The number of thiophene rings is 1. The third-order valence-corrected chi connectivity index (χ3v) is 8.96. The van der Waals surface area contributed by atoms with Crippen LogP contribution in [0.2, 0.25) is 0 Å². The van der Waals surface area contributed by atoms with Crippen molar-refractivity contribution in [2.24, 2.45) is 0 Å². The van der Waals surface area contributed by atoms with E-state index in [1.54, 1.807) is 53.7 Å². The predicted octanol–water partition coefficient (Wildman–Crippen LogP) is 4.31. The first-order valence-electron chi connectivity index (χ1n) is 10.6. The van der Waals surface area contributed by atoms with E-state index in [2.05, 4.69) is 0 Å². The molecule has 0 radical (unpaired) electrons. The van der Waals surface area contributed by atoms with Gasteiger partial charge in [-0.3, -0.25) is 0 Å². The second-order valence-corrected chi connectivity index (χ2v) is 14.8. The van der Waals surface area contributed by atoms with Gasteiger partial charge in [0.25, 0.3) is 20.0 Å². The number of ether oxygens (including phenoxy) is 2. The molecule has 1 aliphatic rings. The van der Waals surface area contributed by atoms with Crippen molar-refractivity contribution in [3.8, 4) is 0 Å². The first-order valence-corrected chi connectivity index (χ1v) is 14.3. The fraction of sp³-hybridized carbons (Fsp3) is 0.455. The molecular formula is C22H28N2O8S3. The minimum absolute atomic E-state index is 0.328. The van der Waals surface area contributed by atoms with Crippen LogP contribution in [0.1, 0.15) is 51.3 Å². The summed E-state index contributed by atoms with van der Waals surface area (Å²) in [6, 6.07) is 7.64. The lowest BCUT2D eigenvalue weighted by Gasteiger charge is -2.28. The summed E-state index contributed by atoms with van der Waals surface area (Å²) in [5, 5.41) is 0. The maximum absolute atomic E-state index is 13.5. The molecule has 3 rings (SSSR count). The summed E-state index contributed by atoms with van der Waals surface area (Å²) < 4.78 is 65.8. The van der Waals surface area contributed by atoms with Crippen LogP contribution in [0.25, 0.3) is 0 Å². The number of rotatable bonds is 0. The summed E-state index contributed by atoms with van der Waals surface area (Å²) in [5.41, 5.74) is -1.92. The van der Waals surface area contributed by atoms with Crippen LogP contribution in [0, 0.1) is 0 Å². The average Bonchev–Trinajstić information content (AvgIpc) is 3.14. The van der Waals surface area contributed by atoms with Crippen molar-refractivity contribution >= 4 is 43.6 Å². The second-order valence-electron chi connectivity index (χ2n) is 9.83. The molecule has 2 heterocycles. The van der Waals surface area contributed by atoms with Crippen molar-refractivity contribution in [1.82, 2.24) is 8.61 Å². The Morgan fingerprint density at radius 3 is 1.46 bits per heavy atom. The highest BCUT2D eigenvalue weighted by Crippen LogP contribution is 2.31. The number of nitrogens with zero attached hydrogens (tertiary/aromatic N) is 2. The van der Waals surface area contributed by atoms with Crippen LogP contribution in [0.4, 0.5) is 9.59 Å². The molecule has 0 N–H and O–H groups in total. The number of benzene rings is 1. The molecule has 13 heteroatoms. The minimum Gasteiger partial charge on any atom is -0.443 e. The van der Waals surface area contributed by atoms with Gasteiger partial charge in [-0.2, -0.15) is 8.61 Å². The van der Waals surface area contributed by atoms with Crippen molar-refractivity contribution in [2.75, 3.05) is 0 Å². The summed E-state index contributed by atoms with van der Waals surface area (Å²) in [5.74, 6) is 0. The third kappa shape index (κ3) is 6.14. The summed E-state index contributed by atoms with van der Waals surface area (Å²) in [6.07, 6.45) is -2.18. The monoisotopic (exact) mass is 544 g/mol. The Hall–Kier alpha value is -2.64. The van der Waals surface area contributed by atoms with E-state index in [0.717, 1.165) is 17.4 Å². The molecule has 0 saturated carbocycles. The van der Waals surface area contributed by atoms with E-state index < -0.39 is 53.2 Å². The molecular weight excluding hydrogens is 516 g/mol. The van der Waals surface area contributed by atoms with Crippen molar-refractivity contribution in [3.05, 3.63) is 46.2 Å². The zero-order valence-electron chi connectivity index (χ0n) is 20.3. The van der Waals surface area contributed by atoms with Crippen LogP contribution in [0.15, 0.2) is 46.2 Å². The van der Waals surface area contributed by atoms with Gasteiger partial charge in [0.2, 0.25) is 0 Å². The van der Waals surface area contributed by atoms with Crippen molar-refractivity contribution in [2.45, 2.75) is 75.6 Å². The van der Waals surface area contributed by atoms with Crippen LogP contribution in [0.5, 0.6) is 0 Å². The van der Waals surface area contributed by atoms with Crippen LogP contribution in [-0.2, 0) is 42.6 Å². The lowest BCUT2D eigenvalue weighted by atomic mass is 10.2. The molecule has 0 aliphatic carbocycles. The highest BCUT2D eigenvalue weighted by molar-refractivity contribution is 7.90. The van der Waals surface area contributed by atoms with E-state index in [1.165, 1.54) is 18.2 Å². The van der Waals surface area contributed by atoms with Gasteiger partial charge in [-0.25, -0.2) is 26.4 Å². The topological polar surface area (TPSA) is 127 Å². The Bertz CT molecular complexity index is 1250. The summed E-state index contributed by atoms with van der Waals surface area (Å²) >= 11 is 1.07. The van der Waals surface area contributed by atoms with Crippen molar-refractivity contribution < 1.29 is 35.9 Å². The zero-order chi connectivity index (χ0) is 26.4. The number of carbonyl (C=O) groups is 2. The van der Waals surface area contributed by atoms with Gasteiger partial charge in [0.1, 0.15) is 11.2 Å². The molecule has 10 nitrogen and oxygen atoms in total. The number of hydrogen-bond donors (Lipinski definition) is 0. The largest absolute Gasteiger partial charge is 0.443 e. The first-order chi connectivity index (χ1) is 15.9. The fourth-order valence-electron chi connectivity index (χ4n) is 3.05. The predicted molar refractivity (Wildman–Crippen MR) is 129 cm³/mol. The van der Waals surface area contributed by atoms with Crippen molar-refractivity contribution in [1.29, 1.82) is 0 Å². The summed E-state index contributed by atoms with van der Waals surface area (Å²) in [4.78, 5) is 25.8. The molecule has 0 atom stereocenters. The lowest BCUT2D eigenvalue weighted by molar-refractivity contribution is 0.0371. The molecule has 1 aliphatic heterocycles. The third-order valence-electron chi connectivity index (χ3n) is 4.49. The van der Waals surface area contributed by atoms with Gasteiger partial charge < -0.3 is 9.47 Å². The SMILES string of the molecule is CC(C)(C)OC(=O)N1Cc2ccc(s2)CN(C(=O)OC(C)(C)C)S(=O)(=O)c2cccc(c2)S1(=O)=O. The molecule has 35 heavy (non-hydrogen) atoms. The van der Waals surface area contributed by atoms with E-state index in [9.17, 15) is 26.4 Å². The Morgan fingerprint density at radius 1 is 0.743 bits per heavy atom. The molecule has 192 valence electrons. The molecule has 0 saturated heterocycles. The Morgan fingerprint density at radius 2 is 1.11 bits per heavy atom.